The quantitative estimate of drug-likeness (QED) is 0.458. The van der Waals surface area contributed by atoms with E-state index in [2.05, 4.69) is 25.8 Å². The van der Waals surface area contributed by atoms with Crippen LogP contribution in [0.15, 0.2) is 29.3 Å². The van der Waals surface area contributed by atoms with Gasteiger partial charge in [0, 0.05) is 45.3 Å². The minimum Gasteiger partial charge on any atom is -0.484 e. The molecule has 7 heteroatoms. The number of ether oxygens (including phenoxy) is 1. The Kier molecular flexibility index (Phi) is 8.16. The van der Waals surface area contributed by atoms with E-state index < -0.39 is 0 Å². The van der Waals surface area contributed by atoms with Crippen LogP contribution in [0.2, 0.25) is 0 Å². The van der Waals surface area contributed by atoms with Gasteiger partial charge in [-0.1, -0.05) is 25.0 Å². The first-order valence-electron chi connectivity index (χ1n) is 10.9. The van der Waals surface area contributed by atoms with Gasteiger partial charge in [-0.2, -0.15) is 0 Å². The molecular formula is C22H35N5O2. The molecule has 1 saturated carbocycles. The van der Waals surface area contributed by atoms with E-state index in [1.807, 2.05) is 38.2 Å². The van der Waals surface area contributed by atoms with E-state index in [1.165, 1.54) is 38.6 Å². The first-order chi connectivity index (χ1) is 14.2. The molecule has 1 aromatic rings. The van der Waals surface area contributed by atoms with Crippen LogP contribution in [0.1, 0.15) is 44.6 Å². The maximum Gasteiger partial charge on any atom is 0.257 e. The first kappa shape index (κ1) is 21.4. The Morgan fingerprint density at radius 2 is 2.07 bits per heavy atom. The fourth-order valence-corrected chi connectivity index (χ4v) is 4.22. The molecule has 29 heavy (non-hydrogen) atoms. The third kappa shape index (κ3) is 6.63. The molecule has 1 aliphatic carbocycles. The minimum atomic E-state index is -0.108. The zero-order chi connectivity index (χ0) is 20.5. The van der Waals surface area contributed by atoms with Gasteiger partial charge in [0.15, 0.2) is 12.6 Å². The van der Waals surface area contributed by atoms with E-state index in [1.54, 1.807) is 0 Å². The number of amides is 1. The SMILES string of the molecule is CCNC(=O)COc1cccc(CNC(=NC)NC2CCN(C3CCCC3)C2)c1. The van der Waals surface area contributed by atoms with Crippen LogP contribution < -0.4 is 20.7 Å². The Bertz CT molecular complexity index is 688. The first-order valence-corrected chi connectivity index (χ1v) is 10.9. The molecule has 160 valence electrons. The molecule has 2 aliphatic rings. The molecule has 7 nitrogen and oxygen atoms in total. The van der Waals surface area contributed by atoms with Crippen molar-refractivity contribution in [2.75, 3.05) is 33.3 Å². The highest BCUT2D eigenvalue weighted by atomic mass is 16.5. The standard InChI is InChI=1S/C22H35N5O2/c1-3-24-21(28)16-29-20-10-6-7-17(13-20)14-25-22(23-2)26-18-11-12-27(15-18)19-8-4-5-9-19/h6-7,10,13,18-19H,3-5,8-9,11-12,14-16H2,1-2H3,(H,24,28)(H2,23,25,26). The van der Waals surface area contributed by atoms with E-state index in [0.717, 1.165) is 24.1 Å². The van der Waals surface area contributed by atoms with Crippen molar-refractivity contribution in [1.82, 2.24) is 20.9 Å². The van der Waals surface area contributed by atoms with Crippen molar-refractivity contribution < 1.29 is 9.53 Å². The molecule has 0 aromatic heterocycles. The lowest BCUT2D eigenvalue weighted by Gasteiger charge is -2.24. The molecule has 2 fully saturated rings. The number of hydrogen-bond acceptors (Lipinski definition) is 4. The molecule has 1 unspecified atom stereocenters. The van der Waals surface area contributed by atoms with Crippen molar-refractivity contribution in [3.05, 3.63) is 29.8 Å². The lowest BCUT2D eigenvalue weighted by molar-refractivity contribution is -0.122. The Morgan fingerprint density at radius 1 is 1.24 bits per heavy atom. The van der Waals surface area contributed by atoms with E-state index >= 15 is 0 Å². The second-order valence-electron chi connectivity index (χ2n) is 7.88. The number of benzene rings is 1. The average molecular weight is 402 g/mol. The molecule has 1 atom stereocenters. The predicted molar refractivity (Wildman–Crippen MR) is 116 cm³/mol. The normalized spacial score (nSPS) is 20.6. The molecule has 1 amide bonds. The van der Waals surface area contributed by atoms with Gasteiger partial charge in [-0.3, -0.25) is 14.7 Å². The Hall–Kier alpha value is -2.28. The van der Waals surface area contributed by atoms with Crippen molar-refractivity contribution in [2.45, 2.75) is 57.7 Å². The number of nitrogens with one attached hydrogen (secondary N) is 3. The number of carbonyl (C=O) groups is 1. The monoisotopic (exact) mass is 401 g/mol. The van der Waals surface area contributed by atoms with Crippen LogP contribution in [0.4, 0.5) is 0 Å². The topological polar surface area (TPSA) is 78.0 Å². The lowest BCUT2D eigenvalue weighted by atomic mass is 10.2. The fraction of sp³-hybridized carbons (Fsp3) is 0.636. The molecule has 1 aliphatic heterocycles. The average Bonchev–Trinajstić information content (AvgIpc) is 3.42. The van der Waals surface area contributed by atoms with Gasteiger partial charge in [0.05, 0.1) is 0 Å². The number of hydrogen-bond donors (Lipinski definition) is 3. The van der Waals surface area contributed by atoms with E-state index in [0.29, 0.717) is 24.9 Å². The third-order valence-corrected chi connectivity index (χ3v) is 5.73. The highest BCUT2D eigenvalue weighted by molar-refractivity contribution is 5.80. The number of rotatable bonds is 8. The summed E-state index contributed by atoms with van der Waals surface area (Å²) in [4.78, 5) is 18.6. The largest absolute Gasteiger partial charge is 0.484 e. The number of guanidine groups is 1. The van der Waals surface area contributed by atoms with Crippen LogP contribution in [0.3, 0.4) is 0 Å². The molecule has 0 radical (unpaired) electrons. The molecule has 1 aromatic carbocycles. The summed E-state index contributed by atoms with van der Waals surface area (Å²) in [5.41, 5.74) is 1.08. The maximum atomic E-state index is 11.6. The molecule has 3 rings (SSSR count). The Morgan fingerprint density at radius 3 is 2.83 bits per heavy atom. The van der Waals surface area contributed by atoms with Gasteiger partial charge < -0.3 is 20.7 Å². The molecular weight excluding hydrogens is 366 g/mol. The Balaban J connectivity index is 1.43. The van der Waals surface area contributed by atoms with Crippen LogP contribution in [0.5, 0.6) is 5.75 Å². The summed E-state index contributed by atoms with van der Waals surface area (Å²) in [7, 11) is 1.81. The van der Waals surface area contributed by atoms with E-state index in [4.69, 9.17) is 4.74 Å². The number of nitrogens with zero attached hydrogens (tertiary/aromatic N) is 2. The van der Waals surface area contributed by atoms with Gasteiger partial charge in [0.1, 0.15) is 5.75 Å². The molecule has 3 N–H and O–H groups in total. The van der Waals surface area contributed by atoms with Crippen molar-refractivity contribution in [3.8, 4) is 5.75 Å². The number of likely N-dealkylation sites (N-methyl/N-ethyl adjacent to an activating group) is 1. The van der Waals surface area contributed by atoms with Gasteiger partial charge in [-0.05, 0) is 43.9 Å². The molecule has 0 bridgehead atoms. The third-order valence-electron chi connectivity index (χ3n) is 5.73. The number of carbonyl (C=O) groups excluding carboxylic acids is 1. The zero-order valence-electron chi connectivity index (χ0n) is 17.7. The van der Waals surface area contributed by atoms with E-state index in [-0.39, 0.29) is 12.5 Å². The maximum absolute atomic E-state index is 11.6. The summed E-state index contributed by atoms with van der Waals surface area (Å²) in [5.74, 6) is 1.42. The number of aliphatic imine (C=N–C) groups is 1. The Labute approximate surface area is 174 Å². The molecule has 0 spiro atoms. The highest BCUT2D eigenvalue weighted by Crippen LogP contribution is 2.26. The van der Waals surface area contributed by atoms with Crippen LogP contribution >= 0.6 is 0 Å². The van der Waals surface area contributed by atoms with Gasteiger partial charge in [0.25, 0.3) is 5.91 Å². The number of likely N-dealkylation sites (tertiary alicyclic amines) is 1. The summed E-state index contributed by atoms with van der Waals surface area (Å²) in [6, 6.07) is 9.04. The second kappa shape index (κ2) is 11.0. The lowest BCUT2D eigenvalue weighted by Crippen LogP contribution is -2.45. The van der Waals surface area contributed by atoms with Gasteiger partial charge in [0.2, 0.25) is 0 Å². The van der Waals surface area contributed by atoms with Crippen LogP contribution in [0.25, 0.3) is 0 Å². The summed E-state index contributed by atoms with van der Waals surface area (Å²) in [6.45, 7) is 5.48. The van der Waals surface area contributed by atoms with Crippen molar-refractivity contribution >= 4 is 11.9 Å². The summed E-state index contributed by atoms with van der Waals surface area (Å²) >= 11 is 0. The second-order valence-corrected chi connectivity index (χ2v) is 7.88. The van der Waals surface area contributed by atoms with Crippen molar-refractivity contribution in [2.24, 2.45) is 4.99 Å². The van der Waals surface area contributed by atoms with Crippen LogP contribution in [-0.4, -0.2) is 62.1 Å². The summed E-state index contributed by atoms with van der Waals surface area (Å²) < 4.78 is 5.57. The molecule has 1 saturated heterocycles. The summed E-state index contributed by atoms with van der Waals surface area (Å²) in [5, 5.41) is 9.70. The van der Waals surface area contributed by atoms with Gasteiger partial charge >= 0.3 is 0 Å². The molecule has 1 heterocycles. The predicted octanol–water partition coefficient (Wildman–Crippen LogP) is 1.88. The highest BCUT2D eigenvalue weighted by Gasteiger charge is 2.30. The van der Waals surface area contributed by atoms with Crippen LogP contribution in [-0.2, 0) is 11.3 Å². The van der Waals surface area contributed by atoms with E-state index in [9.17, 15) is 4.79 Å². The van der Waals surface area contributed by atoms with Crippen molar-refractivity contribution in [1.29, 1.82) is 0 Å². The minimum absolute atomic E-state index is 0.0348. The summed E-state index contributed by atoms with van der Waals surface area (Å²) in [6.07, 6.45) is 6.65. The van der Waals surface area contributed by atoms with Crippen LogP contribution in [0, 0.1) is 0 Å². The van der Waals surface area contributed by atoms with Gasteiger partial charge in [-0.25, -0.2) is 0 Å². The zero-order valence-corrected chi connectivity index (χ0v) is 17.7. The van der Waals surface area contributed by atoms with Gasteiger partial charge in [-0.15, -0.1) is 0 Å². The van der Waals surface area contributed by atoms with Crippen molar-refractivity contribution in [3.63, 3.8) is 0 Å². The smallest absolute Gasteiger partial charge is 0.257 e. The fourth-order valence-electron chi connectivity index (χ4n) is 4.22.